The fraction of sp³-hybridized carbons (Fsp3) is 0. The molecule has 0 aliphatic heterocycles. The van der Waals surface area contributed by atoms with Crippen molar-refractivity contribution >= 4 is 33.2 Å². The molecule has 0 heterocycles. The molecule has 2 aromatic rings. The molecule has 0 bridgehead atoms. The van der Waals surface area contributed by atoms with E-state index in [1.54, 1.807) is 18.2 Å². The van der Waals surface area contributed by atoms with E-state index in [9.17, 15) is 4.39 Å². The van der Waals surface area contributed by atoms with Crippen LogP contribution in [0.1, 0.15) is 0 Å². The Bertz CT molecular complexity index is 562. The van der Waals surface area contributed by atoms with Crippen LogP contribution in [0.3, 0.4) is 0 Å². The molecule has 0 radical (unpaired) electrons. The molecule has 88 valence electrons. The van der Waals surface area contributed by atoms with Gasteiger partial charge in [0.1, 0.15) is 11.6 Å². The number of nitrogens with two attached hydrogens (primary N) is 1. The van der Waals surface area contributed by atoms with Crippen LogP contribution in [-0.4, -0.2) is 0 Å². The molecule has 2 N–H and O–H groups in total. The maximum atomic E-state index is 13.0. The van der Waals surface area contributed by atoms with Crippen molar-refractivity contribution in [1.82, 2.24) is 0 Å². The fourth-order valence-corrected chi connectivity index (χ4v) is 1.77. The monoisotopic (exact) mass is 315 g/mol. The summed E-state index contributed by atoms with van der Waals surface area (Å²) in [4.78, 5) is 0. The Kier molecular flexibility index (Phi) is 3.54. The van der Waals surface area contributed by atoms with Crippen LogP contribution in [0.2, 0.25) is 5.02 Å². The minimum atomic E-state index is -0.485. The van der Waals surface area contributed by atoms with Crippen molar-refractivity contribution in [3.05, 3.63) is 51.7 Å². The average Bonchev–Trinajstić information content (AvgIpc) is 2.29. The van der Waals surface area contributed by atoms with E-state index in [2.05, 4.69) is 15.9 Å². The second-order valence-corrected chi connectivity index (χ2v) is 4.68. The van der Waals surface area contributed by atoms with Crippen LogP contribution in [0.15, 0.2) is 40.9 Å². The summed E-state index contributed by atoms with van der Waals surface area (Å²) in [6.07, 6.45) is 0. The molecule has 0 aliphatic carbocycles. The molecule has 2 aromatic carbocycles. The summed E-state index contributed by atoms with van der Waals surface area (Å²) in [5.74, 6) is 0.435. The highest BCUT2D eigenvalue weighted by atomic mass is 79.9. The standard InChI is InChI=1S/C12H8BrClFNO/c13-7-1-4-11(16)12(5-7)17-8-2-3-10(15)9(14)6-8/h1-6H,16H2. The van der Waals surface area contributed by atoms with Gasteiger partial charge in [0.2, 0.25) is 0 Å². The van der Waals surface area contributed by atoms with Crippen LogP contribution in [0.5, 0.6) is 11.5 Å². The van der Waals surface area contributed by atoms with E-state index in [1.165, 1.54) is 18.2 Å². The zero-order chi connectivity index (χ0) is 12.4. The third kappa shape index (κ3) is 2.90. The maximum Gasteiger partial charge on any atom is 0.151 e. The van der Waals surface area contributed by atoms with Crippen molar-refractivity contribution in [2.75, 3.05) is 5.73 Å². The maximum absolute atomic E-state index is 13.0. The quantitative estimate of drug-likeness (QED) is 0.821. The van der Waals surface area contributed by atoms with Crippen LogP contribution in [-0.2, 0) is 0 Å². The number of nitrogen functional groups attached to an aromatic ring is 1. The Morgan fingerprint density at radius 1 is 1.18 bits per heavy atom. The Morgan fingerprint density at radius 3 is 2.65 bits per heavy atom. The Balaban J connectivity index is 2.31. The largest absolute Gasteiger partial charge is 0.455 e. The predicted molar refractivity (Wildman–Crippen MR) is 70.0 cm³/mol. The summed E-state index contributed by atoms with van der Waals surface area (Å²) < 4.78 is 19.3. The van der Waals surface area contributed by atoms with Crippen LogP contribution >= 0.6 is 27.5 Å². The average molecular weight is 317 g/mol. The fourth-order valence-electron chi connectivity index (χ4n) is 1.26. The third-order valence-electron chi connectivity index (χ3n) is 2.09. The lowest BCUT2D eigenvalue weighted by atomic mass is 10.3. The van der Waals surface area contributed by atoms with Crippen molar-refractivity contribution in [3.8, 4) is 11.5 Å². The molecule has 0 saturated heterocycles. The van der Waals surface area contributed by atoms with Crippen molar-refractivity contribution in [2.45, 2.75) is 0 Å². The number of anilines is 1. The highest BCUT2D eigenvalue weighted by molar-refractivity contribution is 9.10. The second-order valence-electron chi connectivity index (χ2n) is 3.36. The predicted octanol–water partition coefficient (Wildman–Crippen LogP) is 4.62. The zero-order valence-corrected chi connectivity index (χ0v) is 10.9. The van der Waals surface area contributed by atoms with Gasteiger partial charge in [0.15, 0.2) is 5.75 Å². The van der Waals surface area contributed by atoms with Gasteiger partial charge >= 0.3 is 0 Å². The van der Waals surface area contributed by atoms with Crippen LogP contribution in [0, 0.1) is 5.82 Å². The lowest BCUT2D eigenvalue weighted by molar-refractivity contribution is 0.482. The number of hydrogen-bond donors (Lipinski definition) is 1. The molecule has 0 fully saturated rings. The first kappa shape index (κ1) is 12.2. The van der Waals surface area contributed by atoms with E-state index in [0.29, 0.717) is 17.2 Å². The third-order valence-corrected chi connectivity index (χ3v) is 2.88. The van der Waals surface area contributed by atoms with Crippen molar-refractivity contribution in [3.63, 3.8) is 0 Å². The molecule has 0 atom stereocenters. The molecule has 0 unspecified atom stereocenters. The molecule has 0 aliphatic rings. The Hall–Kier alpha value is -1.26. The summed E-state index contributed by atoms with van der Waals surface area (Å²) >= 11 is 8.97. The Morgan fingerprint density at radius 2 is 1.94 bits per heavy atom. The van der Waals surface area contributed by atoms with Gasteiger partial charge in [-0.25, -0.2) is 4.39 Å². The first-order valence-corrected chi connectivity index (χ1v) is 5.91. The Labute approximate surface area is 111 Å². The first-order chi connectivity index (χ1) is 8.06. The van der Waals surface area contributed by atoms with Gasteiger partial charge < -0.3 is 10.5 Å². The number of ether oxygens (including phenoxy) is 1. The zero-order valence-electron chi connectivity index (χ0n) is 8.58. The molecule has 0 saturated carbocycles. The van der Waals surface area contributed by atoms with Gasteiger partial charge in [0.05, 0.1) is 10.7 Å². The summed E-state index contributed by atoms with van der Waals surface area (Å²) in [5, 5.41) is 0.0102. The molecule has 2 rings (SSSR count). The highest BCUT2D eigenvalue weighted by Crippen LogP contribution is 2.31. The lowest BCUT2D eigenvalue weighted by Gasteiger charge is -2.09. The normalized spacial score (nSPS) is 10.3. The summed E-state index contributed by atoms with van der Waals surface area (Å²) in [6.45, 7) is 0. The van der Waals surface area contributed by atoms with Crippen molar-refractivity contribution < 1.29 is 9.13 Å². The molecular weight excluding hydrogens is 308 g/mol. The van der Waals surface area contributed by atoms with E-state index in [0.717, 1.165) is 4.47 Å². The molecule has 2 nitrogen and oxygen atoms in total. The van der Waals surface area contributed by atoms with Crippen molar-refractivity contribution in [2.24, 2.45) is 0 Å². The van der Waals surface area contributed by atoms with E-state index in [1.807, 2.05) is 0 Å². The van der Waals surface area contributed by atoms with Gasteiger partial charge in [0, 0.05) is 10.5 Å². The summed E-state index contributed by atoms with van der Waals surface area (Å²) in [5.41, 5.74) is 6.25. The smallest absolute Gasteiger partial charge is 0.151 e. The van der Waals surface area contributed by atoms with E-state index in [-0.39, 0.29) is 5.02 Å². The summed E-state index contributed by atoms with van der Waals surface area (Å²) in [6, 6.07) is 9.38. The van der Waals surface area contributed by atoms with Crippen LogP contribution < -0.4 is 10.5 Å². The van der Waals surface area contributed by atoms with Gasteiger partial charge in [0.25, 0.3) is 0 Å². The first-order valence-electron chi connectivity index (χ1n) is 4.74. The van der Waals surface area contributed by atoms with Gasteiger partial charge in [-0.15, -0.1) is 0 Å². The number of rotatable bonds is 2. The lowest BCUT2D eigenvalue weighted by Crippen LogP contribution is -1.92. The molecular formula is C12H8BrClFNO. The molecule has 0 spiro atoms. The van der Waals surface area contributed by atoms with Gasteiger partial charge in [-0.1, -0.05) is 27.5 Å². The minimum absolute atomic E-state index is 0.0102. The van der Waals surface area contributed by atoms with E-state index >= 15 is 0 Å². The molecule has 0 amide bonds. The van der Waals surface area contributed by atoms with Crippen molar-refractivity contribution in [1.29, 1.82) is 0 Å². The minimum Gasteiger partial charge on any atom is -0.455 e. The molecule has 0 aromatic heterocycles. The number of hydrogen-bond acceptors (Lipinski definition) is 2. The second kappa shape index (κ2) is 4.94. The van der Waals surface area contributed by atoms with E-state index in [4.69, 9.17) is 22.1 Å². The van der Waals surface area contributed by atoms with Gasteiger partial charge in [-0.3, -0.25) is 0 Å². The van der Waals surface area contributed by atoms with Gasteiger partial charge in [-0.05, 0) is 30.3 Å². The molecule has 17 heavy (non-hydrogen) atoms. The highest BCUT2D eigenvalue weighted by Gasteiger charge is 2.05. The number of benzene rings is 2. The van der Waals surface area contributed by atoms with Gasteiger partial charge in [-0.2, -0.15) is 0 Å². The number of halogens is 3. The van der Waals surface area contributed by atoms with Crippen LogP contribution in [0.25, 0.3) is 0 Å². The summed E-state index contributed by atoms with van der Waals surface area (Å²) in [7, 11) is 0. The SMILES string of the molecule is Nc1ccc(Br)cc1Oc1ccc(F)c(Cl)c1. The topological polar surface area (TPSA) is 35.2 Å². The molecule has 5 heteroatoms. The van der Waals surface area contributed by atoms with E-state index < -0.39 is 5.82 Å². The van der Waals surface area contributed by atoms with Crippen LogP contribution in [0.4, 0.5) is 10.1 Å².